The minimum absolute atomic E-state index is 0.0515. The second-order valence-electron chi connectivity index (χ2n) is 6.00. The number of carbonyl (C=O) groups excluding carboxylic acids is 2. The van der Waals surface area contributed by atoms with Gasteiger partial charge in [0.2, 0.25) is 5.91 Å². The molecule has 0 bridgehead atoms. The van der Waals surface area contributed by atoms with Gasteiger partial charge in [0, 0.05) is 29.8 Å². The van der Waals surface area contributed by atoms with Gasteiger partial charge in [-0.25, -0.2) is 0 Å². The predicted octanol–water partition coefficient (Wildman–Crippen LogP) is 3.48. The predicted molar refractivity (Wildman–Crippen MR) is 98.6 cm³/mol. The van der Waals surface area contributed by atoms with E-state index in [4.69, 9.17) is 9.47 Å². The van der Waals surface area contributed by atoms with Crippen LogP contribution >= 0.6 is 0 Å². The van der Waals surface area contributed by atoms with Crippen molar-refractivity contribution in [3.8, 4) is 0 Å². The molecule has 26 heavy (non-hydrogen) atoms. The van der Waals surface area contributed by atoms with Crippen LogP contribution in [-0.2, 0) is 19.1 Å². The first-order valence-electron chi connectivity index (χ1n) is 8.68. The molecule has 2 atom stereocenters. The lowest BCUT2D eigenvalue weighted by Gasteiger charge is -2.29. The van der Waals surface area contributed by atoms with Crippen molar-refractivity contribution in [2.75, 3.05) is 17.2 Å². The van der Waals surface area contributed by atoms with Crippen LogP contribution in [0.1, 0.15) is 31.6 Å². The number of ether oxygens (including phenoxy) is 2. The Bertz CT molecular complexity index is 746. The molecule has 0 radical (unpaired) electrons. The Labute approximate surface area is 152 Å². The molecule has 1 aliphatic rings. The van der Waals surface area contributed by atoms with Crippen molar-refractivity contribution in [1.82, 2.24) is 0 Å². The van der Waals surface area contributed by atoms with Crippen LogP contribution in [-0.4, -0.2) is 24.5 Å². The lowest BCUT2D eigenvalue weighted by atomic mass is 10.1. The summed E-state index contributed by atoms with van der Waals surface area (Å²) in [4.78, 5) is 23.9. The van der Waals surface area contributed by atoms with E-state index in [1.165, 1.54) is 0 Å². The Morgan fingerprint density at radius 2 is 1.65 bits per heavy atom. The van der Waals surface area contributed by atoms with Gasteiger partial charge in [0.25, 0.3) is 5.91 Å². The number of amides is 2. The van der Waals surface area contributed by atoms with E-state index in [-0.39, 0.29) is 11.8 Å². The van der Waals surface area contributed by atoms with E-state index in [1.54, 1.807) is 31.2 Å². The molecule has 0 aliphatic carbocycles. The number of hydrogen-bond acceptors (Lipinski definition) is 4. The first kappa shape index (κ1) is 18.1. The van der Waals surface area contributed by atoms with Crippen LogP contribution in [0.25, 0.3) is 0 Å². The van der Waals surface area contributed by atoms with Crippen LogP contribution < -0.4 is 10.6 Å². The average Bonchev–Trinajstić information content (AvgIpc) is 2.70. The third-order valence-corrected chi connectivity index (χ3v) is 4.06. The molecule has 2 N–H and O–H groups in total. The van der Waals surface area contributed by atoms with E-state index in [9.17, 15) is 9.59 Å². The molecule has 0 spiro atoms. The molecule has 1 saturated heterocycles. The molecule has 6 heteroatoms. The summed E-state index contributed by atoms with van der Waals surface area (Å²) in [6.45, 7) is 2.25. The maximum absolute atomic E-state index is 12.5. The third kappa shape index (κ3) is 4.68. The molecule has 3 rings (SSSR count). The van der Waals surface area contributed by atoms with Crippen LogP contribution in [0, 0.1) is 0 Å². The summed E-state index contributed by atoms with van der Waals surface area (Å²) in [6, 6.07) is 16.6. The van der Waals surface area contributed by atoms with Gasteiger partial charge in [-0.1, -0.05) is 37.3 Å². The molecule has 2 aromatic carbocycles. The van der Waals surface area contributed by atoms with Crippen molar-refractivity contribution >= 4 is 23.2 Å². The Morgan fingerprint density at radius 3 is 2.31 bits per heavy atom. The molecule has 1 fully saturated rings. The highest BCUT2D eigenvalue weighted by molar-refractivity contribution is 5.95. The smallest absolute Gasteiger partial charge is 0.253 e. The summed E-state index contributed by atoms with van der Waals surface area (Å²) in [7, 11) is 0. The van der Waals surface area contributed by atoms with Gasteiger partial charge in [0.05, 0.1) is 6.61 Å². The van der Waals surface area contributed by atoms with Crippen molar-refractivity contribution in [2.24, 2.45) is 0 Å². The summed E-state index contributed by atoms with van der Waals surface area (Å²) in [5, 5.41) is 5.61. The summed E-state index contributed by atoms with van der Waals surface area (Å²) < 4.78 is 11.4. The second kappa shape index (κ2) is 8.60. The van der Waals surface area contributed by atoms with Gasteiger partial charge in [0.15, 0.2) is 6.29 Å². The third-order valence-electron chi connectivity index (χ3n) is 4.06. The largest absolute Gasteiger partial charge is 0.348 e. The minimum Gasteiger partial charge on any atom is -0.348 e. The van der Waals surface area contributed by atoms with Crippen molar-refractivity contribution < 1.29 is 19.1 Å². The average molecular weight is 354 g/mol. The Hall–Kier alpha value is -2.70. The lowest BCUT2D eigenvalue weighted by Crippen LogP contribution is -2.37. The first-order chi connectivity index (χ1) is 12.7. The van der Waals surface area contributed by atoms with Crippen LogP contribution in [0.5, 0.6) is 0 Å². The second-order valence-corrected chi connectivity index (χ2v) is 6.00. The van der Waals surface area contributed by atoms with Gasteiger partial charge < -0.3 is 20.1 Å². The zero-order chi connectivity index (χ0) is 18.4. The molecule has 2 unspecified atom stereocenters. The quantitative estimate of drug-likeness (QED) is 0.862. The zero-order valence-electron chi connectivity index (χ0n) is 14.6. The maximum atomic E-state index is 12.5. The molecule has 2 amide bonds. The highest BCUT2D eigenvalue weighted by Crippen LogP contribution is 2.26. The van der Waals surface area contributed by atoms with E-state index in [0.717, 1.165) is 5.56 Å². The highest BCUT2D eigenvalue weighted by Gasteiger charge is 2.29. The number of benzene rings is 2. The first-order valence-corrected chi connectivity index (χ1v) is 8.68. The molecule has 136 valence electrons. The highest BCUT2D eigenvalue weighted by atomic mass is 16.7. The van der Waals surface area contributed by atoms with Gasteiger partial charge >= 0.3 is 0 Å². The van der Waals surface area contributed by atoms with Crippen LogP contribution in [0.4, 0.5) is 11.4 Å². The molecule has 0 aromatic heterocycles. The summed E-state index contributed by atoms with van der Waals surface area (Å²) >= 11 is 0. The zero-order valence-corrected chi connectivity index (χ0v) is 14.6. The van der Waals surface area contributed by atoms with Crippen molar-refractivity contribution in [1.29, 1.82) is 0 Å². The normalized spacial score (nSPS) is 19.6. The number of carbonyl (C=O) groups is 2. The Kier molecular flexibility index (Phi) is 5.99. The van der Waals surface area contributed by atoms with E-state index >= 15 is 0 Å². The molecular formula is C20H22N2O4. The maximum Gasteiger partial charge on any atom is 0.253 e. The standard InChI is InChI=1S/C20H22N2O4/c1-2-18(23)21-15-8-10-16(11-9-15)22-19(24)17-12-13-25-20(26-17)14-6-4-3-5-7-14/h3-11,17,20H,2,12-13H2,1H3,(H,21,23)(H,22,24). The van der Waals surface area contributed by atoms with Gasteiger partial charge in [-0.15, -0.1) is 0 Å². The fourth-order valence-electron chi connectivity index (χ4n) is 2.63. The summed E-state index contributed by atoms with van der Waals surface area (Å²) in [6.07, 6.45) is -0.192. The topological polar surface area (TPSA) is 76.7 Å². The fourth-order valence-corrected chi connectivity index (χ4v) is 2.63. The van der Waals surface area contributed by atoms with Crippen molar-refractivity contribution in [2.45, 2.75) is 32.2 Å². The number of nitrogens with one attached hydrogen (secondary N) is 2. The molecule has 6 nitrogen and oxygen atoms in total. The van der Waals surface area contributed by atoms with Crippen molar-refractivity contribution in [3.05, 3.63) is 60.2 Å². The fraction of sp³-hybridized carbons (Fsp3) is 0.300. The van der Waals surface area contributed by atoms with Gasteiger partial charge in [0.1, 0.15) is 6.10 Å². The van der Waals surface area contributed by atoms with Gasteiger partial charge in [-0.2, -0.15) is 0 Å². The Balaban J connectivity index is 1.58. The monoisotopic (exact) mass is 354 g/mol. The SMILES string of the molecule is CCC(=O)Nc1ccc(NC(=O)C2CCOC(c3ccccc3)O2)cc1. The molecule has 1 heterocycles. The number of anilines is 2. The van der Waals surface area contributed by atoms with E-state index in [1.807, 2.05) is 30.3 Å². The van der Waals surface area contributed by atoms with Crippen molar-refractivity contribution in [3.63, 3.8) is 0 Å². The van der Waals surface area contributed by atoms with Gasteiger partial charge in [-0.3, -0.25) is 9.59 Å². The van der Waals surface area contributed by atoms with Gasteiger partial charge in [-0.05, 0) is 24.3 Å². The molecule has 1 aliphatic heterocycles. The number of hydrogen-bond donors (Lipinski definition) is 2. The molecule has 0 saturated carbocycles. The van der Waals surface area contributed by atoms with E-state index < -0.39 is 12.4 Å². The minimum atomic E-state index is -0.576. The van der Waals surface area contributed by atoms with Crippen LogP contribution in [0.2, 0.25) is 0 Å². The van der Waals surface area contributed by atoms with E-state index in [0.29, 0.717) is 30.8 Å². The Morgan fingerprint density at radius 1 is 1.00 bits per heavy atom. The summed E-state index contributed by atoms with van der Waals surface area (Å²) in [5.41, 5.74) is 2.23. The lowest BCUT2D eigenvalue weighted by molar-refractivity contribution is -0.214. The molecular weight excluding hydrogens is 332 g/mol. The van der Waals surface area contributed by atoms with Crippen LogP contribution in [0.15, 0.2) is 54.6 Å². The summed E-state index contributed by atoms with van der Waals surface area (Å²) in [5.74, 6) is -0.260. The number of rotatable bonds is 5. The van der Waals surface area contributed by atoms with E-state index in [2.05, 4.69) is 10.6 Å². The van der Waals surface area contributed by atoms with Crippen LogP contribution in [0.3, 0.4) is 0 Å². The molecule has 2 aromatic rings.